The number of hydrogen-bond acceptors (Lipinski definition) is 3. The van der Waals surface area contributed by atoms with Gasteiger partial charge in [-0.05, 0) is 34.5 Å². The molecular formula is C13H18BrN3OS. The number of benzene rings is 1. The van der Waals surface area contributed by atoms with Gasteiger partial charge in [0.2, 0.25) is 5.91 Å². The average Bonchev–Trinajstić information content (AvgIpc) is 2.35. The van der Waals surface area contributed by atoms with E-state index in [9.17, 15) is 4.79 Å². The molecule has 0 heterocycles. The van der Waals surface area contributed by atoms with Gasteiger partial charge in [-0.3, -0.25) is 4.79 Å². The largest absolute Gasteiger partial charge is 0.389 e. The van der Waals surface area contributed by atoms with Crippen LogP contribution in [0.4, 0.5) is 5.69 Å². The van der Waals surface area contributed by atoms with Gasteiger partial charge < -0.3 is 16.0 Å². The van der Waals surface area contributed by atoms with Crippen molar-refractivity contribution in [1.82, 2.24) is 5.32 Å². The molecule has 0 aromatic heterocycles. The molecule has 1 aromatic carbocycles. The zero-order chi connectivity index (χ0) is 14.4. The smallest absolute Gasteiger partial charge is 0.239 e. The van der Waals surface area contributed by atoms with Gasteiger partial charge in [-0.2, -0.15) is 0 Å². The van der Waals surface area contributed by atoms with Crippen molar-refractivity contribution >= 4 is 44.7 Å². The zero-order valence-electron chi connectivity index (χ0n) is 11.1. The SMILES string of the molecule is CCCNC(=O)CN(C)c1cccc(Br)c1C(N)=S. The number of nitrogens with zero attached hydrogens (tertiary/aromatic N) is 1. The first-order chi connectivity index (χ1) is 8.97. The number of amides is 1. The number of likely N-dealkylation sites (N-methyl/N-ethyl adjacent to an activating group) is 1. The lowest BCUT2D eigenvalue weighted by atomic mass is 10.1. The maximum Gasteiger partial charge on any atom is 0.239 e. The van der Waals surface area contributed by atoms with Gasteiger partial charge in [0.1, 0.15) is 4.99 Å². The number of nitrogens with two attached hydrogens (primary N) is 1. The summed E-state index contributed by atoms with van der Waals surface area (Å²) in [5.41, 5.74) is 7.33. The van der Waals surface area contributed by atoms with E-state index in [-0.39, 0.29) is 12.5 Å². The number of hydrogen-bond donors (Lipinski definition) is 2. The van der Waals surface area contributed by atoms with E-state index >= 15 is 0 Å². The first kappa shape index (κ1) is 15.9. The highest BCUT2D eigenvalue weighted by Crippen LogP contribution is 2.27. The normalized spacial score (nSPS) is 10.1. The van der Waals surface area contributed by atoms with Gasteiger partial charge in [0, 0.05) is 29.3 Å². The van der Waals surface area contributed by atoms with Gasteiger partial charge >= 0.3 is 0 Å². The molecule has 0 saturated carbocycles. The fourth-order valence-corrected chi connectivity index (χ4v) is 2.61. The lowest BCUT2D eigenvalue weighted by molar-refractivity contribution is -0.119. The number of thiocarbonyl (C=S) groups is 1. The molecule has 19 heavy (non-hydrogen) atoms. The molecule has 0 radical (unpaired) electrons. The van der Waals surface area contributed by atoms with E-state index in [4.69, 9.17) is 18.0 Å². The molecule has 1 aromatic rings. The van der Waals surface area contributed by atoms with E-state index in [0.29, 0.717) is 11.5 Å². The van der Waals surface area contributed by atoms with Gasteiger partial charge in [0.25, 0.3) is 0 Å². The standard InChI is InChI=1S/C13H18BrN3OS/c1-3-7-16-11(18)8-17(2)10-6-4-5-9(14)12(10)13(15)19/h4-6H,3,7-8H2,1-2H3,(H2,15,19)(H,16,18). The van der Waals surface area contributed by atoms with Crippen molar-refractivity contribution in [3.8, 4) is 0 Å². The summed E-state index contributed by atoms with van der Waals surface area (Å²) in [6.07, 6.45) is 0.921. The number of anilines is 1. The summed E-state index contributed by atoms with van der Waals surface area (Å²) in [5, 5.41) is 2.84. The predicted molar refractivity (Wildman–Crippen MR) is 86.6 cm³/mol. The van der Waals surface area contributed by atoms with Gasteiger partial charge in [-0.15, -0.1) is 0 Å². The molecule has 1 rings (SSSR count). The summed E-state index contributed by atoms with van der Waals surface area (Å²) in [4.78, 5) is 13.9. The highest BCUT2D eigenvalue weighted by molar-refractivity contribution is 9.10. The van der Waals surface area contributed by atoms with E-state index in [2.05, 4.69) is 21.2 Å². The van der Waals surface area contributed by atoms with Crippen molar-refractivity contribution in [3.05, 3.63) is 28.2 Å². The Hall–Kier alpha value is -1.14. The second kappa shape index (κ2) is 7.45. The number of halogens is 1. The third-order valence-electron chi connectivity index (χ3n) is 2.60. The van der Waals surface area contributed by atoms with Crippen LogP contribution in [0.1, 0.15) is 18.9 Å². The summed E-state index contributed by atoms with van der Waals surface area (Å²) in [6.45, 7) is 2.97. The van der Waals surface area contributed by atoms with Crippen LogP contribution in [-0.4, -0.2) is 31.0 Å². The Morgan fingerprint density at radius 1 is 1.53 bits per heavy atom. The van der Waals surface area contributed by atoms with Crippen LogP contribution in [0.3, 0.4) is 0 Å². The van der Waals surface area contributed by atoms with Gasteiger partial charge in [-0.1, -0.05) is 25.2 Å². The quantitative estimate of drug-likeness (QED) is 0.776. The minimum atomic E-state index is -0.0155. The highest BCUT2D eigenvalue weighted by Gasteiger charge is 2.14. The average molecular weight is 344 g/mol. The lowest BCUT2D eigenvalue weighted by Gasteiger charge is -2.22. The maximum absolute atomic E-state index is 11.7. The fourth-order valence-electron chi connectivity index (χ4n) is 1.70. The summed E-state index contributed by atoms with van der Waals surface area (Å²) < 4.78 is 0.832. The van der Waals surface area contributed by atoms with Crippen molar-refractivity contribution in [1.29, 1.82) is 0 Å². The van der Waals surface area contributed by atoms with Crippen LogP contribution in [0.15, 0.2) is 22.7 Å². The first-order valence-corrected chi connectivity index (χ1v) is 7.23. The Balaban J connectivity index is 2.88. The molecule has 0 unspecified atom stereocenters. The monoisotopic (exact) mass is 343 g/mol. The van der Waals surface area contributed by atoms with Gasteiger partial charge in [0.15, 0.2) is 0 Å². The molecule has 0 bridgehead atoms. The van der Waals surface area contributed by atoms with Crippen LogP contribution < -0.4 is 16.0 Å². The van der Waals surface area contributed by atoms with Gasteiger partial charge in [-0.25, -0.2) is 0 Å². The molecule has 0 aliphatic heterocycles. The lowest BCUT2D eigenvalue weighted by Crippen LogP contribution is -2.36. The Morgan fingerprint density at radius 2 is 2.21 bits per heavy atom. The van der Waals surface area contributed by atoms with E-state index < -0.39 is 0 Å². The first-order valence-electron chi connectivity index (χ1n) is 6.03. The molecule has 104 valence electrons. The highest BCUT2D eigenvalue weighted by atomic mass is 79.9. The van der Waals surface area contributed by atoms with Crippen LogP contribution in [0, 0.1) is 0 Å². The number of carbonyl (C=O) groups is 1. The predicted octanol–water partition coefficient (Wildman–Crippen LogP) is 2.05. The molecule has 0 atom stereocenters. The second-order valence-corrected chi connectivity index (χ2v) is 5.50. The summed E-state index contributed by atoms with van der Waals surface area (Å²) in [7, 11) is 1.84. The summed E-state index contributed by atoms with van der Waals surface area (Å²) in [5.74, 6) is -0.0155. The number of rotatable bonds is 6. The van der Waals surface area contributed by atoms with E-state index in [1.807, 2.05) is 37.1 Å². The van der Waals surface area contributed by atoms with E-state index in [1.54, 1.807) is 0 Å². The molecule has 0 spiro atoms. The molecule has 0 saturated heterocycles. The Morgan fingerprint density at radius 3 is 2.79 bits per heavy atom. The fraction of sp³-hybridized carbons (Fsp3) is 0.385. The second-order valence-electron chi connectivity index (χ2n) is 4.20. The number of nitrogens with one attached hydrogen (secondary N) is 1. The van der Waals surface area contributed by atoms with Crippen molar-refractivity contribution in [2.24, 2.45) is 5.73 Å². The molecule has 0 aliphatic rings. The summed E-state index contributed by atoms with van der Waals surface area (Å²) in [6, 6.07) is 5.66. The third kappa shape index (κ3) is 4.47. The molecule has 0 aliphatic carbocycles. The van der Waals surface area contributed by atoms with Crippen LogP contribution in [0.5, 0.6) is 0 Å². The van der Waals surface area contributed by atoms with Crippen molar-refractivity contribution in [2.75, 3.05) is 25.0 Å². The Labute approximate surface area is 127 Å². The van der Waals surface area contributed by atoms with Crippen molar-refractivity contribution in [3.63, 3.8) is 0 Å². The molecule has 0 fully saturated rings. The molecule has 6 heteroatoms. The zero-order valence-corrected chi connectivity index (χ0v) is 13.5. The molecule has 3 N–H and O–H groups in total. The van der Waals surface area contributed by atoms with Crippen LogP contribution >= 0.6 is 28.1 Å². The minimum absolute atomic E-state index is 0.0155. The molecule has 1 amide bonds. The summed E-state index contributed by atoms with van der Waals surface area (Å²) >= 11 is 8.49. The van der Waals surface area contributed by atoms with Crippen molar-refractivity contribution in [2.45, 2.75) is 13.3 Å². The number of carbonyl (C=O) groups excluding carboxylic acids is 1. The van der Waals surface area contributed by atoms with Crippen LogP contribution in [0.25, 0.3) is 0 Å². The maximum atomic E-state index is 11.7. The third-order valence-corrected chi connectivity index (χ3v) is 3.47. The van der Waals surface area contributed by atoms with Crippen LogP contribution in [-0.2, 0) is 4.79 Å². The molecular weight excluding hydrogens is 326 g/mol. The van der Waals surface area contributed by atoms with E-state index in [1.165, 1.54) is 0 Å². The Bertz CT molecular complexity index is 479. The Kier molecular flexibility index (Phi) is 6.24. The molecule has 4 nitrogen and oxygen atoms in total. The van der Waals surface area contributed by atoms with Gasteiger partial charge in [0.05, 0.1) is 6.54 Å². The van der Waals surface area contributed by atoms with E-state index in [0.717, 1.165) is 22.1 Å². The van der Waals surface area contributed by atoms with Crippen LogP contribution in [0.2, 0.25) is 0 Å². The minimum Gasteiger partial charge on any atom is -0.389 e. The van der Waals surface area contributed by atoms with Crippen molar-refractivity contribution < 1.29 is 4.79 Å². The topological polar surface area (TPSA) is 58.4 Å².